The summed E-state index contributed by atoms with van der Waals surface area (Å²) in [6.45, 7) is 2.50. The number of aromatic nitrogens is 2. The van der Waals surface area contributed by atoms with Gasteiger partial charge in [-0.25, -0.2) is 0 Å². The van der Waals surface area contributed by atoms with Crippen LogP contribution in [0.2, 0.25) is 10.0 Å². The highest BCUT2D eigenvalue weighted by atomic mass is 35.5. The Morgan fingerprint density at radius 3 is 2.55 bits per heavy atom. The van der Waals surface area contributed by atoms with Crippen molar-refractivity contribution in [1.82, 2.24) is 14.7 Å². The molecule has 1 amide bonds. The predicted octanol–water partition coefficient (Wildman–Crippen LogP) is 3.95. The molecule has 0 N–H and O–H groups in total. The maximum absolute atomic E-state index is 12.8. The lowest BCUT2D eigenvalue weighted by atomic mass is 10.3. The summed E-state index contributed by atoms with van der Waals surface area (Å²) < 4.78 is 1.26. The SMILES string of the molecule is O=C(c1ccsc1)N1CCCN(c2cnn(-c3ccc(Cl)cc3)c(=O)c2Cl)CC1. The number of anilines is 1. The summed E-state index contributed by atoms with van der Waals surface area (Å²) in [5, 5.41) is 8.76. The van der Waals surface area contributed by atoms with Crippen molar-refractivity contribution < 1.29 is 4.79 Å². The van der Waals surface area contributed by atoms with E-state index in [2.05, 4.69) is 5.10 Å². The molecule has 1 fully saturated rings. The number of rotatable bonds is 3. The van der Waals surface area contributed by atoms with Gasteiger partial charge < -0.3 is 9.80 Å². The van der Waals surface area contributed by atoms with Crippen LogP contribution in [0.3, 0.4) is 0 Å². The lowest BCUT2D eigenvalue weighted by Crippen LogP contribution is -2.35. The minimum absolute atomic E-state index is 0.0375. The first-order valence-corrected chi connectivity index (χ1v) is 10.8. The van der Waals surface area contributed by atoms with Gasteiger partial charge in [-0.2, -0.15) is 21.1 Å². The fraction of sp³-hybridized carbons (Fsp3) is 0.250. The van der Waals surface area contributed by atoms with E-state index in [1.165, 1.54) is 16.0 Å². The van der Waals surface area contributed by atoms with Crippen LogP contribution >= 0.6 is 34.5 Å². The molecular formula is C20H18Cl2N4O2S. The van der Waals surface area contributed by atoms with Gasteiger partial charge in [0.25, 0.3) is 11.5 Å². The molecule has 2 aromatic heterocycles. The van der Waals surface area contributed by atoms with Gasteiger partial charge >= 0.3 is 0 Å². The van der Waals surface area contributed by atoms with Crippen LogP contribution in [-0.2, 0) is 0 Å². The minimum Gasteiger partial charge on any atom is -0.367 e. The molecule has 3 aromatic rings. The molecule has 29 heavy (non-hydrogen) atoms. The van der Waals surface area contributed by atoms with Crippen LogP contribution in [0.5, 0.6) is 0 Å². The van der Waals surface area contributed by atoms with E-state index in [1.807, 2.05) is 26.6 Å². The van der Waals surface area contributed by atoms with Gasteiger partial charge in [-0.05, 0) is 42.1 Å². The molecule has 0 spiro atoms. The Morgan fingerprint density at radius 2 is 1.83 bits per heavy atom. The maximum Gasteiger partial charge on any atom is 0.292 e. The highest BCUT2D eigenvalue weighted by Gasteiger charge is 2.23. The second-order valence-electron chi connectivity index (χ2n) is 6.68. The summed E-state index contributed by atoms with van der Waals surface area (Å²) >= 11 is 13.8. The molecule has 0 aliphatic carbocycles. The zero-order valence-corrected chi connectivity index (χ0v) is 17.8. The fourth-order valence-electron chi connectivity index (χ4n) is 3.34. The van der Waals surface area contributed by atoms with Crippen LogP contribution in [0, 0.1) is 0 Å². The predicted molar refractivity (Wildman–Crippen MR) is 117 cm³/mol. The van der Waals surface area contributed by atoms with E-state index >= 15 is 0 Å². The average Bonchev–Trinajstić information content (AvgIpc) is 3.16. The Hall–Kier alpha value is -2.35. The van der Waals surface area contributed by atoms with E-state index in [1.54, 1.807) is 30.5 Å². The molecule has 0 radical (unpaired) electrons. The van der Waals surface area contributed by atoms with E-state index in [-0.39, 0.29) is 16.5 Å². The van der Waals surface area contributed by atoms with Crippen LogP contribution in [0.4, 0.5) is 5.69 Å². The number of hydrogen-bond donors (Lipinski definition) is 0. The first-order chi connectivity index (χ1) is 14.0. The van der Waals surface area contributed by atoms with Crippen molar-refractivity contribution in [2.45, 2.75) is 6.42 Å². The van der Waals surface area contributed by atoms with Gasteiger partial charge in [0.1, 0.15) is 5.02 Å². The highest BCUT2D eigenvalue weighted by molar-refractivity contribution is 7.08. The lowest BCUT2D eigenvalue weighted by molar-refractivity contribution is 0.0767. The van der Waals surface area contributed by atoms with Gasteiger partial charge in [0.05, 0.1) is 23.1 Å². The van der Waals surface area contributed by atoms with Crippen LogP contribution in [0.15, 0.2) is 52.1 Å². The van der Waals surface area contributed by atoms with Crippen molar-refractivity contribution in [3.05, 3.63) is 73.3 Å². The van der Waals surface area contributed by atoms with Crippen LogP contribution in [0.25, 0.3) is 5.69 Å². The third-order valence-electron chi connectivity index (χ3n) is 4.86. The second kappa shape index (κ2) is 8.57. The molecule has 0 unspecified atom stereocenters. The van der Waals surface area contributed by atoms with Crippen molar-refractivity contribution in [1.29, 1.82) is 0 Å². The largest absolute Gasteiger partial charge is 0.367 e. The normalized spacial score (nSPS) is 14.7. The zero-order valence-electron chi connectivity index (χ0n) is 15.4. The Bertz CT molecular complexity index is 1070. The van der Waals surface area contributed by atoms with E-state index in [0.29, 0.717) is 48.1 Å². The smallest absolute Gasteiger partial charge is 0.292 e. The van der Waals surface area contributed by atoms with Gasteiger partial charge in [-0.3, -0.25) is 9.59 Å². The molecule has 1 aromatic carbocycles. The van der Waals surface area contributed by atoms with Crippen molar-refractivity contribution >= 4 is 46.1 Å². The third kappa shape index (κ3) is 4.17. The quantitative estimate of drug-likeness (QED) is 0.608. The molecule has 6 nitrogen and oxygen atoms in total. The summed E-state index contributed by atoms with van der Waals surface area (Å²) in [6, 6.07) is 8.66. The molecule has 0 saturated carbocycles. The number of benzene rings is 1. The molecule has 1 aliphatic heterocycles. The number of nitrogens with zero attached hydrogens (tertiary/aromatic N) is 4. The number of carbonyl (C=O) groups excluding carboxylic acids is 1. The number of thiophene rings is 1. The third-order valence-corrected chi connectivity index (χ3v) is 6.15. The van der Waals surface area contributed by atoms with E-state index in [0.717, 1.165) is 6.42 Å². The highest BCUT2D eigenvalue weighted by Crippen LogP contribution is 2.24. The van der Waals surface area contributed by atoms with Gasteiger partial charge in [0.2, 0.25) is 0 Å². The summed E-state index contributed by atoms with van der Waals surface area (Å²) in [6.07, 6.45) is 2.39. The molecular weight excluding hydrogens is 431 g/mol. The molecule has 4 rings (SSSR count). The number of amides is 1. The number of carbonyl (C=O) groups is 1. The summed E-state index contributed by atoms with van der Waals surface area (Å²) in [5.74, 6) is 0.0375. The topological polar surface area (TPSA) is 58.4 Å². The molecule has 0 atom stereocenters. The van der Waals surface area contributed by atoms with Crippen molar-refractivity contribution in [2.24, 2.45) is 0 Å². The van der Waals surface area contributed by atoms with Gasteiger partial charge in [0, 0.05) is 36.6 Å². The van der Waals surface area contributed by atoms with Gasteiger partial charge in [-0.15, -0.1) is 0 Å². The summed E-state index contributed by atoms with van der Waals surface area (Å²) in [7, 11) is 0. The molecule has 1 aliphatic rings. The first-order valence-electron chi connectivity index (χ1n) is 9.15. The van der Waals surface area contributed by atoms with Gasteiger partial charge in [0.15, 0.2) is 0 Å². The number of halogens is 2. The lowest BCUT2D eigenvalue weighted by Gasteiger charge is -2.24. The Kier molecular flexibility index (Phi) is 5.89. The monoisotopic (exact) mass is 448 g/mol. The molecule has 150 valence electrons. The van der Waals surface area contributed by atoms with E-state index in [9.17, 15) is 9.59 Å². The number of hydrogen-bond acceptors (Lipinski definition) is 5. The molecule has 0 bridgehead atoms. The fourth-order valence-corrected chi connectivity index (χ4v) is 4.35. The van der Waals surface area contributed by atoms with E-state index in [4.69, 9.17) is 23.2 Å². The first kappa shape index (κ1) is 19.9. The Labute approximate surface area is 181 Å². The molecule has 9 heteroatoms. The zero-order chi connectivity index (χ0) is 20.4. The Morgan fingerprint density at radius 1 is 1.03 bits per heavy atom. The van der Waals surface area contributed by atoms with Crippen molar-refractivity contribution in [2.75, 3.05) is 31.1 Å². The Balaban J connectivity index is 1.54. The molecule has 3 heterocycles. The molecule has 1 saturated heterocycles. The van der Waals surface area contributed by atoms with Crippen LogP contribution < -0.4 is 10.5 Å². The van der Waals surface area contributed by atoms with Crippen LogP contribution in [0.1, 0.15) is 16.8 Å². The minimum atomic E-state index is -0.387. The van der Waals surface area contributed by atoms with Crippen LogP contribution in [-0.4, -0.2) is 46.8 Å². The maximum atomic E-state index is 12.8. The van der Waals surface area contributed by atoms with E-state index < -0.39 is 0 Å². The standard InChI is InChI=1S/C20H18Cl2N4O2S/c21-15-2-4-16(5-3-15)26-20(28)18(22)17(12-23-26)24-7-1-8-25(10-9-24)19(27)14-6-11-29-13-14/h2-6,11-13H,1,7-10H2. The van der Waals surface area contributed by atoms with Crippen molar-refractivity contribution in [3.8, 4) is 5.69 Å². The summed E-state index contributed by atoms with van der Waals surface area (Å²) in [5.41, 5.74) is 1.51. The van der Waals surface area contributed by atoms with Gasteiger partial charge in [-0.1, -0.05) is 23.2 Å². The second-order valence-corrected chi connectivity index (χ2v) is 8.28. The summed E-state index contributed by atoms with van der Waals surface area (Å²) in [4.78, 5) is 29.3. The average molecular weight is 449 g/mol. The van der Waals surface area contributed by atoms with Crippen molar-refractivity contribution in [3.63, 3.8) is 0 Å².